The van der Waals surface area contributed by atoms with Crippen LogP contribution in [0.1, 0.15) is 61.8 Å². The van der Waals surface area contributed by atoms with Gasteiger partial charge in [-0.2, -0.15) is 4.80 Å². The summed E-state index contributed by atoms with van der Waals surface area (Å²) in [5, 5.41) is 20.0. The van der Waals surface area contributed by atoms with Gasteiger partial charge in [0.25, 0.3) is 5.91 Å². The van der Waals surface area contributed by atoms with Crippen LogP contribution in [0.4, 0.5) is 0 Å². The first-order chi connectivity index (χ1) is 14.1. The molecule has 4 rings (SSSR count). The minimum Gasteiger partial charge on any atom is -0.351 e. The van der Waals surface area contributed by atoms with Crippen LogP contribution >= 0.6 is 0 Å². The van der Waals surface area contributed by atoms with E-state index in [1.165, 1.54) is 0 Å². The van der Waals surface area contributed by atoms with Crippen molar-refractivity contribution in [3.63, 3.8) is 0 Å². The molecule has 1 N–H and O–H groups in total. The third-order valence-electron chi connectivity index (χ3n) is 5.22. The standard InChI is InChI=1S/C21H26N6O2/c1-14(2)12-17-13-19(29-25-17)21(28)22-16-8-10-18(11-9-16)27-24-20(23-26-27)15-6-4-3-5-7-15/h3-7,13-14,16,18H,8-12H2,1-2H3,(H,22,28). The van der Waals surface area contributed by atoms with E-state index in [4.69, 9.17) is 4.52 Å². The SMILES string of the molecule is CC(C)Cc1cc(C(=O)NC2CCC(n3nnc(-c4ccccc4)n3)CC2)on1. The molecule has 0 radical (unpaired) electrons. The molecule has 8 heteroatoms. The Balaban J connectivity index is 1.30. The van der Waals surface area contributed by atoms with Crippen molar-refractivity contribution in [1.82, 2.24) is 30.7 Å². The van der Waals surface area contributed by atoms with Crippen LogP contribution < -0.4 is 5.32 Å². The van der Waals surface area contributed by atoms with E-state index in [0.717, 1.165) is 43.4 Å². The molecule has 1 fully saturated rings. The van der Waals surface area contributed by atoms with Gasteiger partial charge in [-0.05, 0) is 43.2 Å². The van der Waals surface area contributed by atoms with Crippen LogP contribution in [0.5, 0.6) is 0 Å². The Labute approximate surface area is 169 Å². The van der Waals surface area contributed by atoms with Gasteiger partial charge in [0.1, 0.15) is 0 Å². The first-order valence-electron chi connectivity index (χ1n) is 10.2. The molecule has 8 nitrogen and oxygen atoms in total. The largest absolute Gasteiger partial charge is 0.351 e. The molecule has 3 aromatic rings. The maximum atomic E-state index is 12.4. The molecule has 0 bridgehead atoms. The second kappa shape index (κ2) is 8.55. The summed E-state index contributed by atoms with van der Waals surface area (Å²) >= 11 is 0. The minimum absolute atomic E-state index is 0.120. The van der Waals surface area contributed by atoms with Crippen molar-refractivity contribution < 1.29 is 9.32 Å². The average molecular weight is 394 g/mol. The zero-order valence-corrected chi connectivity index (χ0v) is 16.8. The smallest absolute Gasteiger partial charge is 0.290 e. The maximum Gasteiger partial charge on any atom is 0.290 e. The summed E-state index contributed by atoms with van der Waals surface area (Å²) in [6.07, 6.45) is 4.32. The highest BCUT2D eigenvalue weighted by molar-refractivity contribution is 5.91. The van der Waals surface area contributed by atoms with Crippen LogP contribution in [-0.2, 0) is 6.42 Å². The third-order valence-corrected chi connectivity index (χ3v) is 5.22. The Hall–Kier alpha value is -3.03. The molecular formula is C21H26N6O2. The predicted octanol–water partition coefficient (Wildman–Crippen LogP) is 3.44. The summed E-state index contributed by atoms with van der Waals surface area (Å²) in [6, 6.07) is 11.9. The highest BCUT2D eigenvalue weighted by Crippen LogP contribution is 2.28. The summed E-state index contributed by atoms with van der Waals surface area (Å²) in [5.41, 5.74) is 1.78. The van der Waals surface area contributed by atoms with E-state index < -0.39 is 0 Å². The maximum absolute atomic E-state index is 12.4. The zero-order valence-electron chi connectivity index (χ0n) is 16.8. The second-order valence-corrected chi connectivity index (χ2v) is 8.06. The molecule has 0 atom stereocenters. The van der Waals surface area contributed by atoms with Gasteiger partial charge in [-0.15, -0.1) is 10.2 Å². The van der Waals surface area contributed by atoms with Crippen LogP contribution in [0.25, 0.3) is 11.4 Å². The van der Waals surface area contributed by atoms with E-state index in [9.17, 15) is 4.79 Å². The van der Waals surface area contributed by atoms with Crippen molar-refractivity contribution >= 4 is 5.91 Å². The first kappa shape index (κ1) is 19.3. The number of hydrogen-bond acceptors (Lipinski definition) is 6. The molecule has 0 aliphatic heterocycles. The lowest BCUT2D eigenvalue weighted by molar-refractivity contribution is 0.0883. The molecule has 0 unspecified atom stereocenters. The highest BCUT2D eigenvalue weighted by Gasteiger charge is 2.26. The van der Waals surface area contributed by atoms with E-state index in [1.807, 2.05) is 30.3 Å². The molecule has 0 spiro atoms. The number of tetrazole rings is 1. The van der Waals surface area contributed by atoms with Crippen molar-refractivity contribution in [2.75, 3.05) is 0 Å². The van der Waals surface area contributed by atoms with E-state index in [-0.39, 0.29) is 23.8 Å². The number of carbonyl (C=O) groups is 1. The van der Waals surface area contributed by atoms with Crippen molar-refractivity contribution in [3.8, 4) is 11.4 Å². The van der Waals surface area contributed by atoms with Crippen LogP contribution in [0.3, 0.4) is 0 Å². The predicted molar refractivity (Wildman–Crippen MR) is 107 cm³/mol. The number of hydrogen-bond donors (Lipinski definition) is 1. The molecule has 1 saturated carbocycles. The minimum atomic E-state index is -0.193. The summed E-state index contributed by atoms with van der Waals surface area (Å²) in [7, 11) is 0. The summed E-state index contributed by atoms with van der Waals surface area (Å²) in [6.45, 7) is 4.22. The zero-order chi connectivity index (χ0) is 20.2. The molecule has 1 aliphatic rings. The van der Waals surface area contributed by atoms with Gasteiger partial charge in [0.2, 0.25) is 11.6 Å². The number of amides is 1. The Morgan fingerprint density at radius 3 is 2.69 bits per heavy atom. The lowest BCUT2D eigenvalue weighted by Gasteiger charge is -2.27. The van der Waals surface area contributed by atoms with Gasteiger partial charge < -0.3 is 9.84 Å². The Bertz CT molecular complexity index is 941. The monoisotopic (exact) mass is 394 g/mol. The summed E-state index contributed by atoms with van der Waals surface area (Å²) in [4.78, 5) is 14.2. The van der Waals surface area contributed by atoms with Crippen LogP contribution in [0.2, 0.25) is 0 Å². The van der Waals surface area contributed by atoms with E-state index >= 15 is 0 Å². The van der Waals surface area contributed by atoms with Crippen molar-refractivity contribution in [2.24, 2.45) is 5.92 Å². The number of nitrogens with one attached hydrogen (secondary N) is 1. The molecule has 152 valence electrons. The summed E-state index contributed by atoms with van der Waals surface area (Å²) < 4.78 is 5.21. The topological polar surface area (TPSA) is 98.7 Å². The van der Waals surface area contributed by atoms with Gasteiger partial charge >= 0.3 is 0 Å². The molecular weight excluding hydrogens is 368 g/mol. The van der Waals surface area contributed by atoms with Crippen LogP contribution in [0, 0.1) is 5.92 Å². The number of rotatable bonds is 6. The molecule has 1 aliphatic carbocycles. The molecule has 29 heavy (non-hydrogen) atoms. The number of benzene rings is 1. The molecule has 1 aromatic carbocycles. The summed E-state index contributed by atoms with van der Waals surface area (Å²) in [5.74, 6) is 1.21. The third kappa shape index (κ3) is 4.70. The number of aromatic nitrogens is 5. The van der Waals surface area contributed by atoms with E-state index in [2.05, 4.69) is 39.7 Å². The first-order valence-corrected chi connectivity index (χ1v) is 10.2. The van der Waals surface area contributed by atoms with Gasteiger partial charge in [0.05, 0.1) is 11.7 Å². The van der Waals surface area contributed by atoms with E-state index in [0.29, 0.717) is 11.7 Å². The average Bonchev–Trinajstić information content (AvgIpc) is 3.39. The van der Waals surface area contributed by atoms with Gasteiger partial charge in [-0.25, -0.2) is 0 Å². The molecule has 2 heterocycles. The van der Waals surface area contributed by atoms with Crippen molar-refractivity contribution in [1.29, 1.82) is 0 Å². The molecule has 2 aromatic heterocycles. The normalized spacial score (nSPS) is 19.4. The van der Waals surface area contributed by atoms with Gasteiger partial charge in [-0.3, -0.25) is 4.79 Å². The Morgan fingerprint density at radius 2 is 1.97 bits per heavy atom. The Morgan fingerprint density at radius 1 is 1.21 bits per heavy atom. The second-order valence-electron chi connectivity index (χ2n) is 8.06. The Kier molecular flexibility index (Phi) is 5.69. The lowest BCUT2D eigenvalue weighted by atomic mass is 9.91. The fraction of sp³-hybridized carbons (Fsp3) is 0.476. The van der Waals surface area contributed by atoms with Crippen molar-refractivity contribution in [2.45, 2.75) is 58.0 Å². The molecule has 1 amide bonds. The van der Waals surface area contributed by atoms with Crippen LogP contribution in [0.15, 0.2) is 40.9 Å². The van der Waals surface area contributed by atoms with Gasteiger partial charge in [0, 0.05) is 17.7 Å². The van der Waals surface area contributed by atoms with Gasteiger partial charge in [-0.1, -0.05) is 49.3 Å². The fourth-order valence-electron chi connectivity index (χ4n) is 3.72. The quantitative estimate of drug-likeness (QED) is 0.688. The van der Waals surface area contributed by atoms with Gasteiger partial charge in [0.15, 0.2) is 0 Å². The van der Waals surface area contributed by atoms with E-state index in [1.54, 1.807) is 10.9 Å². The number of carbonyl (C=O) groups excluding carboxylic acids is 1. The lowest BCUT2D eigenvalue weighted by Crippen LogP contribution is -2.38. The highest BCUT2D eigenvalue weighted by atomic mass is 16.5. The van der Waals surface area contributed by atoms with Crippen molar-refractivity contribution in [3.05, 3.63) is 47.9 Å². The van der Waals surface area contributed by atoms with Crippen LogP contribution in [-0.4, -0.2) is 37.3 Å². The number of nitrogens with zero attached hydrogens (tertiary/aromatic N) is 5. The fourth-order valence-corrected chi connectivity index (χ4v) is 3.72. The molecule has 0 saturated heterocycles.